The van der Waals surface area contributed by atoms with Crippen molar-refractivity contribution in [3.63, 3.8) is 0 Å². The zero-order valence-electron chi connectivity index (χ0n) is 11.1. The Balaban J connectivity index is 2.15. The number of hydrogen-bond donors (Lipinski definition) is 3. The van der Waals surface area contributed by atoms with E-state index in [2.05, 4.69) is 34.2 Å². The van der Waals surface area contributed by atoms with Gasteiger partial charge in [-0.3, -0.25) is 0 Å². The molecule has 3 N–H and O–H groups in total. The van der Waals surface area contributed by atoms with Gasteiger partial charge in [-0.25, -0.2) is 0 Å². The van der Waals surface area contributed by atoms with Gasteiger partial charge in [-0.15, -0.1) is 0 Å². The van der Waals surface area contributed by atoms with E-state index in [4.69, 9.17) is 0 Å². The number of nitrogens with zero attached hydrogens (tertiary/aromatic N) is 1. The zero-order valence-corrected chi connectivity index (χ0v) is 12.7. The minimum Gasteiger partial charge on any atom is -0.389 e. The van der Waals surface area contributed by atoms with Crippen LogP contribution in [0.25, 0.3) is 0 Å². The van der Waals surface area contributed by atoms with E-state index in [0.717, 1.165) is 29.7 Å². The van der Waals surface area contributed by atoms with Crippen molar-refractivity contribution >= 4 is 21.6 Å². The zero-order chi connectivity index (χ0) is 13.8. The summed E-state index contributed by atoms with van der Waals surface area (Å²) < 4.78 is 1.01. The van der Waals surface area contributed by atoms with Gasteiger partial charge in [0.25, 0.3) is 0 Å². The van der Waals surface area contributed by atoms with Gasteiger partial charge >= 0.3 is 0 Å². The summed E-state index contributed by atoms with van der Waals surface area (Å²) in [6.45, 7) is 4.90. The number of aliphatic hydroxyl groups excluding tert-OH is 2. The van der Waals surface area contributed by atoms with Crippen molar-refractivity contribution in [3.8, 4) is 0 Å². The quantitative estimate of drug-likeness (QED) is 0.717. The third-order valence-corrected chi connectivity index (χ3v) is 3.88. The molecule has 2 rings (SSSR count). The van der Waals surface area contributed by atoms with Gasteiger partial charge in [0.2, 0.25) is 0 Å². The molecular weight excluding hydrogens is 308 g/mol. The van der Waals surface area contributed by atoms with Gasteiger partial charge in [0, 0.05) is 29.8 Å². The van der Waals surface area contributed by atoms with E-state index in [9.17, 15) is 10.2 Å². The second kappa shape index (κ2) is 6.70. The first-order valence-corrected chi connectivity index (χ1v) is 7.51. The highest BCUT2D eigenvalue weighted by molar-refractivity contribution is 9.10. The molecule has 0 saturated carbocycles. The van der Waals surface area contributed by atoms with Gasteiger partial charge in [0.1, 0.15) is 0 Å². The largest absolute Gasteiger partial charge is 0.389 e. The van der Waals surface area contributed by atoms with Gasteiger partial charge < -0.3 is 20.4 Å². The van der Waals surface area contributed by atoms with E-state index in [1.165, 1.54) is 5.56 Å². The van der Waals surface area contributed by atoms with E-state index in [1.807, 2.05) is 17.0 Å². The average Bonchev–Trinajstić information content (AvgIpc) is 2.71. The molecule has 106 valence electrons. The average molecular weight is 329 g/mol. The number of hydrogen-bond acceptors (Lipinski definition) is 4. The fraction of sp³-hybridized carbons (Fsp3) is 0.571. The lowest BCUT2D eigenvalue weighted by Gasteiger charge is -2.22. The van der Waals surface area contributed by atoms with E-state index >= 15 is 0 Å². The highest BCUT2D eigenvalue weighted by atomic mass is 79.9. The van der Waals surface area contributed by atoms with Crippen molar-refractivity contribution < 1.29 is 10.2 Å². The summed E-state index contributed by atoms with van der Waals surface area (Å²) in [5, 5.41) is 22.8. The van der Waals surface area contributed by atoms with Crippen LogP contribution in [0, 0.1) is 0 Å². The summed E-state index contributed by atoms with van der Waals surface area (Å²) in [5.41, 5.74) is 2.27. The van der Waals surface area contributed by atoms with Crippen molar-refractivity contribution in [3.05, 3.63) is 28.2 Å². The van der Waals surface area contributed by atoms with Crippen LogP contribution in [0.3, 0.4) is 0 Å². The second-order valence-electron chi connectivity index (χ2n) is 4.99. The molecule has 0 amide bonds. The molecule has 4 nitrogen and oxygen atoms in total. The molecule has 2 unspecified atom stereocenters. The van der Waals surface area contributed by atoms with E-state index in [-0.39, 0.29) is 0 Å². The molecule has 5 heteroatoms. The smallest absolute Gasteiger partial charge is 0.0990 e. The minimum absolute atomic E-state index is 0.485. The van der Waals surface area contributed by atoms with E-state index < -0.39 is 12.2 Å². The van der Waals surface area contributed by atoms with Crippen LogP contribution in [0.2, 0.25) is 0 Å². The molecule has 0 spiro atoms. The van der Waals surface area contributed by atoms with E-state index in [0.29, 0.717) is 13.1 Å². The van der Waals surface area contributed by atoms with Gasteiger partial charge in [0.15, 0.2) is 0 Å². The van der Waals surface area contributed by atoms with Crippen molar-refractivity contribution in [1.29, 1.82) is 0 Å². The van der Waals surface area contributed by atoms with Crippen LogP contribution in [0.1, 0.15) is 18.9 Å². The molecule has 0 bridgehead atoms. The topological polar surface area (TPSA) is 55.7 Å². The van der Waals surface area contributed by atoms with Gasteiger partial charge in [0.05, 0.1) is 12.2 Å². The Morgan fingerprint density at radius 1 is 1.32 bits per heavy atom. The first-order valence-electron chi connectivity index (χ1n) is 6.72. The lowest BCUT2D eigenvalue weighted by Crippen LogP contribution is -2.24. The molecule has 1 saturated heterocycles. The molecule has 1 aromatic carbocycles. The van der Waals surface area contributed by atoms with Crippen LogP contribution >= 0.6 is 15.9 Å². The lowest BCUT2D eigenvalue weighted by atomic mass is 10.1. The maximum absolute atomic E-state index is 9.68. The summed E-state index contributed by atoms with van der Waals surface area (Å²) in [5.74, 6) is 0. The molecule has 2 atom stereocenters. The number of benzene rings is 1. The molecule has 1 fully saturated rings. The summed E-state index contributed by atoms with van der Waals surface area (Å²) in [7, 11) is 0. The number of anilines is 1. The molecule has 0 aromatic heterocycles. The highest BCUT2D eigenvalue weighted by Gasteiger charge is 2.30. The van der Waals surface area contributed by atoms with Crippen LogP contribution in [-0.4, -0.2) is 42.1 Å². The normalized spacial score (nSPS) is 23.1. The van der Waals surface area contributed by atoms with Crippen LogP contribution in [0.5, 0.6) is 0 Å². The maximum Gasteiger partial charge on any atom is 0.0990 e. The number of β-amino-alcohol motifs (C(OH)–C–C–N with tert-alkyl or cyclic N) is 2. The Hall–Kier alpha value is -0.620. The molecule has 19 heavy (non-hydrogen) atoms. The summed E-state index contributed by atoms with van der Waals surface area (Å²) in [6.07, 6.45) is -0.210. The standard InChI is InChI=1S/C14H21BrN2O2/c1-2-5-16-7-10-3-4-11(15)6-12(10)17-8-13(18)14(19)9-17/h3-4,6,13-14,16,18-19H,2,5,7-9H2,1H3. The van der Waals surface area contributed by atoms with Crippen molar-refractivity contribution in [2.45, 2.75) is 32.1 Å². The predicted octanol–water partition coefficient (Wildman–Crippen LogP) is 1.49. The third-order valence-electron chi connectivity index (χ3n) is 3.39. The number of halogens is 1. The molecule has 1 aromatic rings. The Morgan fingerprint density at radius 3 is 2.63 bits per heavy atom. The van der Waals surface area contributed by atoms with E-state index in [1.54, 1.807) is 0 Å². The third kappa shape index (κ3) is 3.69. The fourth-order valence-electron chi connectivity index (χ4n) is 2.35. The summed E-state index contributed by atoms with van der Waals surface area (Å²) in [6, 6.07) is 6.16. The SMILES string of the molecule is CCCNCc1ccc(Br)cc1N1CC(O)C(O)C1. The Labute approximate surface area is 122 Å². The molecule has 0 radical (unpaired) electrons. The van der Waals surface area contributed by atoms with Crippen LogP contribution < -0.4 is 10.2 Å². The summed E-state index contributed by atoms with van der Waals surface area (Å²) in [4.78, 5) is 2.04. The number of rotatable bonds is 5. The summed E-state index contributed by atoms with van der Waals surface area (Å²) >= 11 is 3.48. The van der Waals surface area contributed by atoms with Crippen LogP contribution in [0.4, 0.5) is 5.69 Å². The Morgan fingerprint density at radius 2 is 2.00 bits per heavy atom. The monoisotopic (exact) mass is 328 g/mol. The molecule has 1 aliphatic rings. The predicted molar refractivity (Wildman–Crippen MR) is 80.4 cm³/mol. The Bertz CT molecular complexity index is 418. The number of aliphatic hydroxyl groups is 2. The molecule has 0 aliphatic carbocycles. The van der Waals surface area contributed by atoms with Crippen molar-refractivity contribution in [1.82, 2.24) is 5.32 Å². The van der Waals surface area contributed by atoms with Crippen LogP contribution in [-0.2, 0) is 6.54 Å². The van der Waals surface area contributed by atoms with Crippen molar-refractivity contribution in [2.24, 2.45) is 0 Å². The molecule has 1 heterocycles. The fourth-order valence-corrected chi connectivity index (χ4v) is 2.70. The molecule has 1 aliphatic heterocycles. The molecular formula is C14H21BrN2O2. The second-order valence-corrected chi connectivity index (χ2v) is 5.91. The van der Waals surface area contributed by atoms with Gasteiger partial charge in [-0.05, 0) is 30.7 Å². The minimum atomic E-state index is -0.657. The van der Waals surface area contributed by atoms with Crippen molar-refractivity contribution in [2.75, 3.05) is 24.5 Å². The first kappa shape index (κ1) is 14.8. The lowest BCUT2D eigenvalue weighted by molar-refractivity contribution is 0.0572. The highest BCUT2D eigenvalue weighted by Crippen LogP contribution is 2.28. The Kier molecular flexibility index (Phi) is 5.21. The van der Waals surface area contributed by atoms with Crippen LogP contribution in [0.15, 0.2) is 22.7 Å². The first-order chi connectivity index (χ1) is 9.11. The number of nitrogens with one attached hydrogen (secondary N) is 1. The van der Waals surface area contributed by atoms with Gasteiger partial charge in [-0.1, -0.05) is 28.9 Å². The van der Waals surface area contributed by atoms with Gasteiger partial charge in [-0.2, -0.15) is 0 Å². The maximum atomic E-state index is 9.68.